The zero-order valence-corrected chi connectivity index (χ0v) is 29.5. The molecule has 3 nitrogen and oxygen atoms in total. The van der Waals surface area contributed by atoms with E-state index in [1.165, 1.54) is 33.4 Å². The van der Waals surface area contributed by atoms with Crippen molar-refractivity contribution in [2.75, 3.05) is 0 Å². The Bertz CT molecular complexity index is 2560. The Morgan fingerprint density at radius 2 is 0.519 bits per heavy atom. The maximum Gasteiger partial charge on any atom is 0.164 e. The molecule has 9 aromatic rings. The molecule has 0 aliphatic rings. The van der Waals surface area contributed by atoms with Crippen molar-refractivity contribution in [3.63, 3.8) is 0 Å². The number of hydrogen-bond donors (Lipinski definition) is 0. The van der Waals surface area contributed by atoms with E-state index in [2.05, 4.69) is 152 Å². The van der Waals surface area contributed by atoms with Crippen LogP contribution in [-0.4, -0.2) is 15.0 Å². The predicted molar refractivity (Wildman–Crippen MR) is 223 cm³/mol. The standard InChI is InChI=1S/C51H35N3/c1-6-18-36(19-7-1)41-28-16-30-43(32-41)48-46(37-20-8-2-9-21-37)34-45(35-47(48)38-22-10-3-11-23-38)42-29-17-31-44(33-42)51-53-49(39-24-12-4-13-25-39)52-50(54-51)40-26-14-5-15-27-40/h1-35H. The van der Waals surface area contributed by atoms with Crippen molar-refractivity contribution in [3.8, 4) is 89.8 Å². The second kappa shape index (κ2) is 14.8. The Balaban J connectivity index is 1.24. The Morgan fingerprint density at radius 3 is 0.981 bits per heavy atom. The molecule has 8 aromatic carbocycles. The lowest BCUT2D eigenvalue weighted by molar-refractivity contribution is 1.07. The molecular weight excluding hydrogens is 655 g/mol. The first-order valence-corrected chi connectivity index (χ1v) is 18.2. The van der Waals surface area contributed by atoms with Gasteiger partial charge in [0.2, 0.25) is 0 Å². The average molecular weight is 690 g/mol. The molecule has 54 heavy (non-hydrogen) atoms. The molecular formula is C51H35N3. The van der Waals surface area contributed by atoms with Gasteiger partial charge in [-0.15, -0.1) is 0 Å². The highest BCUT2D eigenvalue weighted by Gasteiger charge is 2.19. The van der Waals surface area contributed by atoms with E-state index in [0.717, 1.165) is 38.9 Å². The van der Waals surface area contributed by atoms with Gasteiger partial charge in [-0.1, -0.05) is 188 Å². The molecule has 0 saturated heterocycles. The second-order valence-electron chi connectivity index (χ2n) is 13.2. The molecule has 0 unspecified atom stereocenters. The normalized spacial score (nSPS) is 11.0. The predicted octanol–water partition coefficient (Wildman–Crippen LogP) is 13.2. The third-order valence-corrected chi connectivity index (χ3v) is 9.72. The van der Waals surface area contributed by atoms with Crippen molar-refractivity contribution < 1.29 is 0 Å². The van der Waals surface area contributed by atoms with E-state index in [9.17, 15) is 0 Å². The maximum atomic E-state index is 5.03. The van der Waals surface area contributed by atoms with Crippen LogP contribution >= 0.6 is 0 Å². The van der Waals surface area contributed by atoms with Crippen molar-refractivity contribution in [2.24, 2.45) is 0 Å². The second-order valence-corrected chi connectivity index (χ2v) is 13.2. The molecule has 0 bridgehead atoms. The molecule has 3 heteroatoms. The van der Waals surface area contributed by atoms with E-state index >= 15 is 0 Å². The van der Waals surface area contributed by atoms with Gasteiger partial charge in [0.15, 0.2) is 17.5 Å². The number of aromatic nitrogens is 3. The van der Waals surface area contributed by atoms with Crippen LogP contribution < -0.4 is 0 Å². The highest BCUT2D eigenvalue weighted by atomic mass is 15.0. The molecule has 0 aliphatic heterocycles. The van der Waals surface area contributed by atoms with Gasteiger partial charge >= 0.3 is 0 Å². The first kappa shape index (κ1) is 32.7. The summed E-state index contributed by atoms with van der Waals surface area (Å²) in [4.78, 5) is 15.0. The molecule has 0 amide bonds. The van der Waals surface area contributed by atoms with E-state index < -0.39 is 0 Å². The molecule has 0 radical (unpaired) electrons. The smallest absolute Gasteiger partial charge is 0.164 e. The number of nitrogens with zero attached hydrogens (tertiary/aromatic N) is 3. The zero-order valence-electron chi connectivity index (χ0n) is 29.5. The van der Waals surface area contributed by atoms with Crippen molar-refractivity contribution in [3.05, 3.63) is 212 Å². The average Bonchev–Trinajstić information content (AvgIpc) is 3.27. The quantitative estimate of drug-likeness (QED) is 0.159. The van der Waals surface area contributed by atoms with E-state index in [4.69, 9.17) is 15.0 Å². The third-order valence-electron chi connectivity index (χ3n) is 9.72. The van der Waals surface area contributed by atoms with Crippen LogP contribution in [0.2, 0.25) is 0 Å². The summed E-state index contributed by atoms with van der Waals surface area (Å²) in [5, 5.41) is 0. The van der Waals surface area contributed by atoms with Gasteiger partial charge in [-0.25, -0.2) is 15.0 Å². The molecule has 0 saturated carbocycles. The van der Waals surface area contributed by atoms with E-state index in [-0.39, 0.29) is 0 Å². The fourth-order valence-corrected chi connectivity index (χ4v) is 7.07. The van der Waals surface area contributed by atoms with Crippen molar-refractivity contribution in [1.82, 2.24) is 15.0 Å². The Hall–Kier alpha value is -7.23. The van der Waals surface area contributed by atoms with Crippen molar-refractivity contribution in [2.45, 2.75) is 0 Å². The van der Waals surface area contributed by atoms with Crippen LogP contribution in [0.3, 0.4) is 0 Å². The van der Waals surface area contributed by atoms with Gasteiger partial charge in [0.25, 0.3) is 0 Å². The number of rotatable bonds is 8. The fourth-order valence-electron chi connectivity index (χ4n) is 7.07. The lowest BCUT2D eigenvalue weighted by Crippen LogP contribution is -2.00. The van der Waals surface area contributed by atoms with Gasteiger partial charge < -0.3 is 0 Å². The molecule has 0 aliphatic carbocycles. The van der Waals surface area contributed by atoms with Gasteiger partial charge in [0.1, 0.15) is 0 Å². The van der Waals surface area contributed by atoms with Gasteiger partial charge in [0, 0.05) is 16.7 Å². The van der Waals surface area contributed by atoms with Crippen LogP contribution in [0.15, 0.2) is 212 Å². The summed E-state index contributed by atoms with van der Waals surface area (Å²) in [5.41, 5.74) is 14.4. The summed E-state index contributed by atoms with van der Waals surface area (Å²) in [6, 6.07) is 74.4. The zero-order chi connectivity index (χ0) is 36.1. The topological polar surface area (TPSA) is 38.7 Å². The summed E-state index contributed by atoms with van der Waals surface area (Å²) in [5.74, 6) is 1.92. The molecule has 9 rings (SSSR count). The fraction of sp³-hybridized carbons (Fsp3) is 0. The molecule has 1 heterocycles. The summed E-state index contributed by atoms with van der Waals surface area (Å²) in [7, 11) is 0. The molecule has 1 aromatic heterocycles. The van der Waals surface area contributed by atoms with Crippen LogP contribution in [0.5, 0.6) is 0 Å². The lowest BCUT2D eigenvalue weighted by Gasteiger charge is -2.20. The summed E-state index contributed by atoms with van der Waals surface area (Å²) in [6.07, 6.45) is 0. The van der Waals surface area contributed by atoms with Gasteiger partial charge in [0.05, 0.1) is 0 Å². The van der Waals surface area contributed by atoms with Crippen LogP contribution in [0.4, 0.5) is 0 Å². The summed E-state index contributed by atoms with van der Waals surface area (Å²) < 4.78 is 0. The number of hydrogen-bond acceptors (Lipinski definition) is 3. The molecule has 0 atom stereocenters. The van der Waals surface area contributed by atoms with Gasteiger partial charge in [-0.05, 0) is 79.9 Å². The Labute approximate surface area is 316 Å². The summed E-state index contributed by atoms with van der Waals surface area (Å²) >= 11 is 0. The highest BCUT2D eigenvalue weighted by molar-refractivity contribution is 5.98. The first-order chi connectivity index (χ1) is 26.8. The van der Waals surface area contributed by atoms with Crippen LogP contribution in [0.25, 0.3) is 89.8 Å². The number of benzene rings is 8. The third kappa shape index (κ3) is 6.74. The minimum absolute atomic E-state index is 0.630. The SMILES string of the molecule is c1ccc(-c2cccc(-c3c(-c4ccccc4)cc(-c4cccc(-c5nc(-c6ccccc6)nc(-c6ccccc6)n5)c4)cc3-c3ccccc3)c2)cc1. The van der Waals surface area contributed by atoms with Crippen molar-refractivity contribution in [1.29, 1.82) is 0 Å². The maximum absolute atomic E-state index is 5.03. The molecule has 0 N–H and O–H groups in total. The van der Waals surface area contributed by atoms with Gasteiger partial charge in [-0.3, -0.25) is 0 Å². The molecule has 254 valence electrons. The van der Waals surface area contributed by atoms with E-state index in [0.29, 0.717) is 17.5 Å². The van der Waals surface area contributed by atoms with Crippen LogP contribution in [-0.2, 0) is 0 Å². The van der Waals surface area contributed by atoms with Crippen LogP contribution in [0, 0.1) is 0 Å². The Kier molecular flexibility index (Phi) is 8.94. The van der Waals surface area contributed by atoms with Crippen molar-refractivity contribution >= 4 is 0 Å². The Morgan fingerprint density at radius 1 is 0.204 bits per heavy atom. The van der Waals surface area contributed by atoms with E-state index in [1.54, 1.807) is 0 Å². The minimum atomic E-state index is 0.630. The molecule has 0 spiro atoms. The van der Waals surface area contributed by atoms with Crippen LogP contribution in [0.1, 0.15) is 0 Å². The molecule has 0 fully saturated rings. The monoisotopic (exact) mass is 689 g/mol. The van der Waals surface area contributed by atoms with Gasteiger partial charge in [-0.2, -0.15) is 0 Å². The van der Waals surface area contributed by atoms with E-state index in [1.807, 2.05) is 60.7 Å². The largest absolute Gasteiger partial charge is 0.208 e. The first-order valence-electron chi connectivity index (χ1n) is 18.2. The minimum Gasteiger partial charge on any atom is -0.208 e. The lowest BCUT2D eigenvalue weighted by atomic mass is 9.84. The summed E-state index contributed by atoms with van der Waals surface area (Å²) in [6.45, 7) is 0. The highest BCUT2D eigenvalue weighted by Crippen LogP contribution is 2.44.